The van der Waals surface area contributed by atoms with Gasteiger partial charge in [0.25, 0.3) is 0 Å². The van der Waals surface area contributed by atoms with Gasteiger partial charge in [0.2, 0.25) is 0 Å². The highest BCUT2D eigenvalue weighted by molar-refractivity contribution is 6.31. The van der Waals surface area contributed by atoms with Crippen LogP contribution >= 0.6 is 11.6 Å². The fraction of sp³-hybridized carbons (Fsp3) is 0.278. The first kappa shape index (κ1) is 15.1. The molecule has 3 nitrogen and oxygen atoms in total. The summed E-state index contributed by atoms with van der Waals surface area (Å²) in [6.45, 7) is 6.23. The Morgan fingerprint density at radius 3 is 2.82 bits per heavy atom. The smallest absolute Gasteiger partial charge is 0.141 e. The fourth-order valence-corrected chi connectivity index (χ4v) is 2.79. The van der Waals surface area contributed by atoms with Crippen molar-refractivity contribution in [2.24, 2.45) is 0 Å². The van der Waals surface area contributed by atoms with Gasteiger partial charge >= 0.3 is 0 Å². The molecule has 0 amide bonds. The van der Waals surface area contributed by atoms with Crippen molar-refractivity contribution in [3.63, 3.8) is 0 Å². The van der Waals surface area contributed by atoms with Crippen LogP contribution in [0.2, 0.25) is 5.02 Å². The van der Waals surface area contributed by atoms with E-state index in [2.05, 4.69) is 35.8 Å². The standard InChI is InChI=1S/C18H19ClN2O/c1-3-22-10-9-21-17-12-15(19)7-8-16(17)20-18(21)14-6-4-5-13(2)11-14/h4-8,11-12H,3,9-10H2,1-2H3. The maximum Gasteiger partial charge on any atom is 0.141 e. The van der Waals surface area contributed by atoms with Crippen LogP contribution in [0, 0.1) is 6.92 Å². The van der Waals surface area contributed by atoms with Gasteiger partial charge in [0.15, 0.2) is 0 Å². The zero-order valence-electron chi connectivity index (χ0n) is 12.8. The Balaban J connectivity index is 2.13. The van der Waals surface area contributed by atoms with Crippen molar-refractivity contribution in [3.05, 3.63) is 53.1 Å². The minimum absolute atomic E-state index is 0.660. The molecule has 1 aromatic heterocycles. The minimum atomic E-state index is 0.660. The van der Waals surface area contributed by atoms with Crippen LogP contribution < -0.4 is 0 Å². The largest absolute Gasteiger partial charge is 0.380 e. The van der Waals surface area contributed by atoms with Crippen molar-refractivity contribution < 1.29 is 4.74 Å². The molecular weight excluding hydrogens is 296 g/mol. The molecule has 0 aliphatic rings. The maximum absolute atomic E-state index is 6.16. The van der Waals surface area contributed by atoms with E-state index in [1.165, 1.54) is 5.56 Å². The number of hydrogen-bond donors (Lipinski definition) is 0. The number of benzene rings is 2. The lowest BCUT2D eigenvalue weighted by Crippen LogP contribution is -2.07. The Hall–Kier alpha value is -1.84. The first-order valence-corrected chi connectivity index (χ1v) is 7.87. The number of nitrogens with zero attached hydrogens (tertiary/aromatic N) is 2. The molecule has 0 radical (unpaired) electrons. The Morgan fingerprint density at radius 2 is 2.05 bits per heavy atom. The summed E-state index contributed by atoms with van der Waals surface area (Å²) in [5.74, 6) is 0.959. The van der Waals surface area contributed by atoms with Crippen LogP contribution in [0.25, 0.3) is 22.4 Å². The van der Waals surface area contributed by atoms with Gasteiger partial charge in [0.05, 0.1) is 17.6 Å². The Labute approximate surface area is 135 Å². The predicted molar refractivity (Wildman–Crippen MR) is 91.4 cm³/mol. The van der Waals surface area contributed by atoms with Gasteiger partial charge in [0.1, 0.15) is 5.82 Å². The number of halogens is 1. The normalized spacial score (nSPS) is 11.2. The monoisotopic (exact) mass is 314 g/mol. The predicted octanol–water partition coefficient (Wildman–Crippen LogP) is 4.70. The quantitative estimate of drug-likeness (QED) is 0.638. The third kappa shape index (κ3) is 3.01. The second-order valence-corrected chi connectivity index (χ2v) is 5.72. The van der Waals surface area contributed by atoms with E-state index in [9.17, 15) is 0 Å². The molecule has 0 saturated carbocycles. The zero-order chi connectivity index (χ0) is 15.5. The van der Waals surface area contributed by atoms with E-state index >= 15 is 0 Å². The van der Waals surface area contributed by atoms with E-state index in [4.69, 9.17) is 21.3 Å². The molecule has 3 rings (SSSR count). The van der Waals surface area contributed by atoms with Crippen molar-refractivity contribution in [2.45, 2.75) is 20.4 Å². The Kier molecular flexibility index (Phi) is 4.46. The highest BCUT2D eigenvalue weighted by Crippen LogP contribution is 2.27. The molecule has 22 heavy (non-hydrogen) atoms. The SMILES string of the molecule is CCOCCn1c(-c2cccc(C)c2)nc2ccc(Cl)cc21. The Morgan fingerprint density at radius 1 is 1.18 bits per heavy atom. The van der Waals surface area contributed by atoms with Crippen molar-refractivity contribution in [1.29, 1.82) is 0 Å². The number of aryl methyl sites for hydroxylation is 1. The van der Waals surface area contributed by atoms with E-state index in [-0.39, 0.29) is 0 Å². The van der Waals surface area contributed by atoms with E-state index in [1.807, 2.05) is 25.1 Å². The van der Waals surface area contributed by atoms with Crippen LogP contribution in [0.4, 0.5) is 0 Å². The number of fused-ring (bicyclic) bond motifs is 1. The van der Waals surface area contributed by atoms with Gasteiger partial charge in [-0.25, -0.2) is 4.98 Å². The van der Waals surface area contributed by atoms with E-state index in [1.54, 1.807) is 0 Å². The molecule has 0 fully saturated rings. The van der Waals surface area contributed by atoms with Crippen LogP contribution in [0.3, 0.4) is 0 Å². The van der Waals surface area contributed by atoms with Gasteiger partial charge in [-0.2, -0.15) is 0 Å². The van der Waals surface area contributed by atoms with Gasteiger partial charge in [0, 0.05) is 23.7 Å². The van der Waals surface area contributed by atoms with Crippen molar-refractivity contribution in [1.82, 2.24) is 9.55 Å². The second-order valence-electron chi connectivity index (χ2n) is 5.29. The fourth-order valence-electron chi connectivity index (χ4n) is 2.63. The van der Waals surface area contributed by atoms with Crippen LogP contribution in [0.15, 0.2) is 42.5 Å². The van der Waals surface area contributed by atoms with Gasteiger partial charge in [-0.1, -0.05) is 35.4 Å². The summed E-state index contributed by atoms with van der Waals surface area (Å²) in [6, 6.07) is 14.2. The van der Waals surface area contributed by atoms with Gasteiger partial charge in [-0.05, 0) is 38.1 Å². The molecule has 0 atom stereocenters. The third-order valence-corrected chi connectivity index (χ3v) is 3.89. The summed E-state index contributed by atoms with van der Waals surface area (Å²) >= 11 is 6.16. The molecule has 114 valence electrons. The van der Waals surface area contributed by atoms with Crippen LogP contribution in [0.5, 0.6) is 0 Å². The molecule has 0 N–H and O–H groups in total. The van der Waals surface area contributed by atoms with Gasteiger partial charge in [-0.15, -0.1) is 0 Å². The number of imidazole rings is 1. The molecule has 3 aromatic rings. The lowest BCUT2D eigenvalue weighted by Gasteiger charge is -2.10. The summed E-state index contributed by atoms with van der Waals surface area (Å²) in [5, 5.41) is 0.723. The summed E-state index contributed by atoms with van der Waals surface area (Å²) in [4.78, 5) is 4.79. The zero-order valence-corrected chi connectivity index (χ0v) is 13.6. The summed E-state index contributed by atoms with van der Waals surface area (Å²) < 4.78 is 7.71. The molecule has 0 spiro atoms. The highest BCUT2D eigenvalue weighted by atomic mass is 35.5. The molecule has 0 unspecified atom stereocenters. The van der Waals surface area contributed by atoms with Crippen molar-refractivity contribution >= 4 is 22.6 Å². The number of aromatic nitrogens is 2. The second kappa shape index (κ2) is 6.51. The van der Waals surface area contributed by atoms with E-state index < -0.39 is 0 Å². The average molecular weight is 315 g/mol. The Bertz CT molecular complexity index is 795. The minimum Gasteiger partial charge on any atom is -0.380 e. The van der Waals surface area contributed by atoms with Crippen molar-refractivity contribution in [2.75, 3.05) is 13.2 Å². The topological polar surface area (TPSA) is 27.1 Å². The molecule has 2 aromatic carbocycles. The van der Waals surface area contributed by atoms with Gasteiger partial charge < -0.3 is 9.30 Å². The summed E-state index contributed by atoms with van der Waals surface area (Å²) in [5.41, 5.74) is 4.34. The average Bonchev–Trinajstić information content (AvgIpc) is 2.86. The van der Waals surface area contributed by atoms with Crippen LogP contribution in [-0.2, 0) is 11.3 Å². The molecule has 0 saturated heterocycles. The van der Waals surface area contributed by atoms with Crippen molar-refractivity contribution in [3.8, 4) is 11.4 Å². The number of hydrogen-bond acceptors (Lipinski definition) is 2. The molecule has 0 aliphatic carbocycles. The first-order chi connectivity index (χ1) is 10.7. The summed E-state index contributed by atoms with van der Waals surface area (Å²) in [6.07, 6.45) is 0. The highest BCUT2D eigenvalue weighted by Gasteiger charge is 2.13. The molecule has 0 aliphatic heterocycles. The maximum atomic E-state index is 6.16. The first-order valence-electron chi connectivity index (χ1n) is 7.49. The van der Waals surface area contributed by atoms with Crippen LogP contribution in [-0.4, -0.2) is 22.8 Å². The molecule has 4 heteroatoms. The van der Waals surface area contributed by atoms with Gasteiger partial charge in [-0.3, -0.25) is 0 Å². The molecule has 0 bridgehead atoms. The summed E-state index contributed by atoms with van der Waals surface area (Å²) in [7, 11) is 0. The third-order valence-electron chi connectivity index (χ3n) is 3.65. The van der Waals surface area contributed by atoms with Crippen LogP contribution in [0.1, 0.15) is 12.5 Å². The number of rotatable bonds is 5. The van der Waals surface area contributed by atoms with E-state index in [0.29, 0.717) is 13.2 Å². The lowest BCUT2D eigenvalue weighted by atomic mass is 10.1. The number of ether oxygens (including phenoxy) is 1. The molecule has 1 heterocycles. The molecular formula is C18H19ClN2O. The lowest BCUT2D eigenvalue weighted by molar-refractivity contribution is 0.140. The van der Waals surface area contributed by atoms with E-state index in [0.717, 1.165) is 34.0 Å².